The number of hydrogen-bond acceptors (Lipinski definition) is 6. The number of carbonyl (C=O) groups is 1. The van der Waals surface area contributed by atoms with E-state index in [0.717, 1.165) is 17.1 Å². The summed E-state index contributed by atoms with van der Waals surface area (Å²) in [7, 11) is 0. The van der Waals surface area contributed by atoms with Crippen LogP contribution in [0.15, 0.2) is 18.2 Å². The van der Waals surface area contributed by atoms with Crippen LogP contribution < -0.4 is 0 Å². The molecule has 0 saturated heterocycles. The fourth-order valence-corrected chi connectivity index (χ4v) is 1.82. The van der Waals surface area contributed by atoms with E-state index in [1.165, 1.54) is 0 Å². The van der Waals surface area contributed by atoms with E-state index < -0.39 is 5.97 Å². The second-order valence-corrected chi connectivity index (χ2v) is 3.37. The van der Waals surface area contributed by atoms with Gasteiger partial charge in [0.05, 0.1) is 10.3 Å². The van der Waals surface area contributed by atoms with Crippen LogP contribution in [0.3, 0.4) is 0 Å². The highest BCUT2D eigenvalue weighted by atomic mass is 32.1. The van der Waals surface area contributed by atoms with E-state index >= 15 is 0 Å². The number of fused-ring (bicyclic) bond motifs is 1. The SMILES string of the molecule is O=C(OC=S)c1cccc2nnsc12. The van der Waals surface area contributed by atoms with Gasteiger partial charge in [-0.2, -0.15) is 0 Å². The number of ether oxygens (including phenoxy) is 1. The van der Waals surface area contributed by atoms with E-state index in [1.807, 2.05) is 0 Å². The van der Waals surface area contributed by atoms with Crippen molar-refractivity contribution < 1.29 is 9.53 Å². The van der Waals surface area contributed by atoms with E-state index in [0.29, 0.717) is 15.8 Å². The molecule has 70 valence electrons. The van der Waals surface area contributed by atoms with E-state index in [9.17, 15) is 4.79 Å². The maximum Gasteiger partial charge on any atom is 0.345 e. The van der Waals surface area contributed by atoms with Crippen molar-refractivity contribution in [3.8, 4) is 0 Å². The molecule has 14 heavy (non-hydrogen) atoms. The van der Waals surface area contributed by atoms with Gasteiger partial charge < -0.3 is 4.74 Å². The number of esters is 1. The lowest BCUT2D eigenvalue weighted by molar-refractivity contribution is 0.0735. The molecular formula is C8H4N2O2S2. The molecule has 1 heterocycles. The highest BCUT2D eigenvalue weighted by Crippen LogP contribution is 2.20. The Morgan fingerprint density at radius 1 is 1.57 bits per heavy atom. The molecule has 2 aromatic rings. The van der Waals surface area contributed by atoms with Crippen LogP contribution in [-0.2, 0) is 4.74 Å². The molecule has 2 rings (SSSR count). The van der Waals surface area contributed by atoms with Gasteiger partial charge in [-0.25, -0.2) is 4.79 Å². The predicted octanol–water partition coefficient (Wildman–Crippen LogP) is 1.81. The lowest BCUT2D eigenvalue weighted by atomic mass is 10.2. The predicted molar refractivity (Wildman–Crippen MR) is 56.5 cm³/mol. The minimum atomic E-state index is -0.475. The van der Waals surface area contributed by atoms with Crippen LogP contribution >= 0.6 is 23.8 Å². The number of aromatic nitrogens is 2. The minimum absolute atomic E-state index is 0.443. The molecule has 0 aliphatic rings. The first-order valence-corrected chi connectivity index (χ1v) is 4.93. The molecule has 0 unspecified atom stereocenters. The Bertz CT molecular complexity index is 495. The van der Waals surface area contributed by atoms with Crippen molar-refractivity contribution in [2.24, 2.45) is 0 Å². The molecule has 0 aliphatic heterocycles. The Morgan fingerprint density at radius 2 is 2.43 bits per heavy atom. The third-order valence-corrected chi connectivity index (χ3v) is 2.52. The smallest absolute Gasteiger partial charge is 0.345 e. The summed E-state index contributed by atoms with van der Waals surface area (Å²) in [6.45, 7) is 0. The Hall–Kier alpha value is -1.40. The van der Waals surface area contributed by atoms with Gasteiger partial charge in [0.15, 0.2) is 5.55 Å². The van der Waals surface area contributed by atoms with Crippen molar-refractivity contribution in [2.75, 3.05) is 0 Å². The highest BCUT2D eigenvalue weighted by Gasteiger charge is 2.12. The van der Waals surface area contributed by atoms with Gasteiger partial charge in [-0.3, -0.25) is 0 Å². The summed E-state index contributed by atoms with van der Waals surface area (Å²) in [6.07, 6.45) is 0. The second-order valence-electron chi connectivity index (χ2n) is 2.43. The van der Waals surface area contributed by atoms with Crippen molar-refractivity contribution >= 4 is 45.5 Å². The van der Waals surface area contributed by atoms with Crippen molar-refractivity contribution in [1.29, 1.82) is 0 Å². The first-order chi connectivity index (χ1) is 6.83. The molecule has 0 spiro atoms. The van der Waals surface area contributed by atoms with Gasteiger partial charge in [0.2, 0.25) is 0 Å². The summed E-state index contributed by atoms with van der Waals surface area (Å²) in [5, 5.41) is 3.85. The van der Waals surface area contributed by atoms with Crippen LogP contribution in [-0.4, -0.2) is 21.1 Å². The molecule has 0 bridgehead atoms. The van der Waals surface area contributed by atoms with Gasteiger partial charge in [-0.1, -0.05) is 10.6 Å². The zero-order chi connectivity index (χ0) is 9.97. The zero-order valence-electron chi connectivity index (χ0n) is 6.84. The Labute approximate surface area is 88.7 Å². The maximum absolute atomic E-state index is 11.4. The summed E-state index contributed by atoms with van der Waals surface area (Å²) in [6, 6.07) is 5.17. The van der Waals surface area contributed by atoms with E-state index in [2.05, 4.69) is 26.5 Å². The largest absolute Gasteiger partial charge is 0.419 e. The summed E-state index contributed by atoms with van der Waals surface area (Å²) in [5.41, 5.74) is 2.07. The Balaban J connectivity index is 2.55. The quantitative estimate of drug-likeness (QED) is 0.575. The maximum atomic E-state index is 11.4. The number of nitrogens with zero attached hydrogens (tertiary/aromatic N) is 2. The summed E-state index contributed by atoms with van der Waals surface area (Å²) in [4.78, 5) is 11.4. The van der Waals surface area contributed by atoms with Crippen LogP contribution in [0.1, 0.15) is 10.4 Å². The summed E-state index contributed by atoms with van der Waals surface area (Å²) in [5.74, 6) is -0.475. The molecule has 1 aromatic carbocycles. The molecule has 0 amide bonds. The van der Waals surface area contributed by atoms with Gasteiger partial charge in [0.25, 0.3) is 0 Å². The third kappa shape index (κ3) is 1.49. The van der Waals surface area contributed by atoms with Gasteiger partial charge in [-0.05, 0) is 35.9 Å². The van der Waals surface area contributed by atoms with Crippen LogP contribution in [0.4, 0.5) is 0 Å². The van der Waals surface area contributed by atoms with Gasteiger partial charge in [0, 0.05) is 0 Å². The third-order valence-electron chi connectivity index (χ3n) is 1.65. The van der Waals surface area contributed by atoms with Gasteiger partial charge in [0.1, 0.15) is 5.52 Å². The van der Waals surface area contributed by atoms with Crippen molar-refractivity contribution in [1.82, 2.24) is 9.59 Å². The summed E-state index contributed by atoms with van der Waals surface area (Å²) >= 11 is 5.59. The van der Waals surface area contributed by atoms with Gasteiger partial charge in [-0.15, -0.1) is 5.10 Å². The average molecular weight is 224 g/mol. The molecule has 4 nitrogen and oxygen atoms in total. The highest BCUT2D eigenvalue weighted by molar-refractivity contribution is 7.78. The van der Waals surface area contributed by atoms with Crippen molar-refractivity contribution in [2.45, 2.75) is 0 Å². The average Bonchev–Trinajstić information content (AvgIpc) is 2.65. The molecule has 0 aliphatic carbocycles. The number of thiocarbonyl (C=S) groups is 1. The molecule has 1 aromatic heterocycles. The molecule has 0 radical (unpaired) electrons. The van der Waals surface area contributed by atoms with Crippen LogP contribution in [0.2, 0.25) is 0 Å². The number of hydrogen-bond donors (Lipinski definition) is 0. The monoisotopic (exact) mass is 224 g/mol. The molecule has 6 heteroatoms. The number of carbonyl (C=O) groups excluding carboxylic acids is 1. The fourth-order valence-electron chi connectivity index (χ4n) is 1.07. The van der Waals surface area contributed by atoms with E-state index in [1.54, 1.807) is 18.2 Å². The summed E-state index contributed by atoms with van der Waals surface area (Å²) < 4.78 is 9.08. The van der Waals surface area contributed by atoms with Gasteiger partial charge >= 0.3 is 5.97 Å². The first-order valence-electron chi connectivity index (χ1n) is 3.68. The topological polar surface area (TPSA) is 52.1 Å². The molecular weight excluding hydrogens is 220 g/mol. The Kier molecular flexibility index (Phi) is 2.47. The van der Waals surface area contributed by atoms with E-state index in [-0.39, 0.29) is 0 Å². The lowest BCUT2D eigenvalue weighted by Crippen LogP contribution is -2.02. The van der Waals surface area contributed by atoms with Crippen molar-refractivity contribution in [3.63, 3.8) is 0 Å². The number of benzene rings is 1. The lowest BCUT2D eigenvalue weighted by Gasteiger charge is -1.97. The molecule has 0 saturated carbocycles. The molecule has 0 N–H and O–H groups in total. The zero-order valence-corrected chi connectivity index (χ0v) is 8.47. The standard InChI is InChI=1S/C8H4N2O2S2/c11-8(12-4-13)5-2-1-3-6-7(5)14-10-9-6/h1-4H. The number of rotatable bonds is 2. The first kappa shape index (κ1) is 9.17. The van der Waals surface area contributed by atoms with Crippen LogP contribution in [0, 0.1) is 0 Å². The van der Waals surface area contributed by atoms with Crippen LogP contribution in [0.5, 0.6) is 0 Å². The minimum Gasteiger partial charge on any atom is -0.419 e. The van der Waals surface area contributed by atoms with Crippen molar-refractivity contribution in [3.05, 3.63) is 23.8 Å². The second kappa shape index (κ2) is 3.77. The van der Waals surface area contributed by atoms with Crippen LogP contribution in [0.25, 0.3) is 10.2 Å². The molecule has 0 fully saturated rings. The molecule has 0 atom stereocenters. The van der Waals surface area contributed by atoms with E-state index in [4.69, 9.17) is 0 Å². The fraction of sp³-hybridized carbons (Fsp3) is 0. The Morgan fingerprint density at radius 3 is 3.21 bits per heavy atom. The normalized spacial score (nSPS) is 10.0.